The van der Waals surface area contributed by atoms with Gasteiger partial charge in [-0.15, -0.1) is 11.3 Å². The lowest BCUT2D eigenvalue weighted by molar-refractivity contribution is 0.0606. The largest absolute Gasteiger partial charge is 0.342 e. The van der Waals surface area contributed by atoms with E-state index in [4.69, 9.17) is 0 Å². The van der Waals surface area contributed by atoms with Gasteiger partial charge in [0.25, 0.3) is 5.91 Å². The second-order valence-electron chi connectivity index (χ2n) is 8.67. The highest BCUT2D eigenvalue weighted by Gasteiger charge is 2.31. The van der Waals surface area contributed by atoms with Gasteiger partial charge in [-0.3, -0.25) is 4.79 Å². The number of aromatic amines is 1. The van der Waals surface area contributed by atoms with Crippen molar-refractivity contribution in [2.45, 2.75) is 38.6 Å². The summed E-state index contributed by atoms with van der Waals surface area (Å²) in [5.74, 6) is 0.375. The summed E-state index contributed by atoms with van der Waals surface area (Å²) in [6.07, 6.45) is 5.20. The number of hydrogen-bond acceptors (Lipinski definition) is 5. The Labute approximate surface area is 207 Å². The number of benzene rings is 2. The molecule has 1 N–H and O–H groups in total. The van der Waals surface area contributed by atoms with E-state index in [0.717, 1.165) is 51.8 Å². The molecule has 0 bridgehead atoms. The van der Waals surface area contributed by atoms with E-state index in [-0.39, 0.29) is 17.8 Å². The predicted octanol–water partition coefficient (Wildman–Crippen LogP) is 5.76. The van der Waals surface area contributed by atoms with Crippen LogP contribution in [-0.2, 0) is 6.42 Å². The maximum atomic E-state index is 13.7. The number of aryl methyl sites for hydroxylation is 1. The zero-order valence-corrected chi connectivity index (χ0v) is 20.1. The Bertz CT molecular complexity index is 1400. The molecule has 35 heavy (non-hydrogen) atoms. The molecule has 5 rings (SSSR count). The SMILES string of the molecule is Cc1nc(C(=O)N2CCCCC2Cc2ncc(-c3ccccc3C#N)[nH]2)c(-c2ccc(F)cc2)s1. The minimum Gasteiger partial charge on any atom is -0.342 e. The number of piperidine rings is 1. The number of nitriles is 1. The predicted molar refractivity (Wildman–Crippen MR) is 133 cm³/mol. The van der Waals surface area contributed by atoms with Crippen LogP contribution in [0.1, 0.15) is 46.1 Å². The number of nitrogens with one attached hydrogen (secondary N) is 1. The smallest absolute Gasteiger partial charge is 0.274 e. The van der Waals surface area contributed by atoms with E-state index in [1.54, 1.807) is 24.4 Å². The highest BCUT2D eigenvalue weighted by molar-refractivity contribution is 7.15. The number of halogens is 1. The minimum atomic E-state index is -0.311. The summed E-state index contributed by atoms with van der Waals surface area (Å²) in [5, 5.41) is 10.2. The summed E-state index contributed by atoms with van der Waals surface area (Å²) >= 11 is 1.45. The Balaban J connectivity index is 1.40. The monoisotopic (exact) mass is 485 g/mol. The first kappa shape index (κ1) is 22.9. The average molecular weight is 486 g/mol. The van der Waals surface area contributed by atoms with Crippen molar-refractivity contribution in [2.75, 3.05) is 6.54 Å². The van der Waals surface area contributed by atoms with Gasteiger partial charge in [-0.1, -0.05) is 30.3 Å². The lowest BCUT2D eigenvalue weighted by atomic mass is 9.98. The number of rotatable bonds is 5. The van der Waals surface area contributed by atoms with Gasteiger partial charge in [0.05, 0.1) is 33.4 Å². The summed E-state index contributed by atoms with van der Waals surface area (Å²) in [6, 6.07) is 15.8. The van der Waals surface area contributed by atoms with Crippen molar-refractivity contribution in [1.82, 2.24) is 19.9 Å². The van der Waals surface area contributed by atoms with Gasteiger partial charge in [-0.25, -0.2) is 14.4 Å². The van der Waals surface area contributed by atoms with Crippen LogP contribution in [0.25, 0.3) is 21.7 Å². The Morgan fingerprint density at radius 3 is 2.83 bits per heavy atom. The van der Waals surface area contributed by atoms with E-state index in [1.807, 2.05) is 30.0 Å². The highest BCUT2D eigenvalue weighted by atomic mass is 32.1. The van der Waals surface area contributed by atoms with Crippen LogP contribution in [0.15, 0.2) is 54.7 Å². The summed E-state index contributed by atoms with van der Waals surface area (Å²) < 4.78 is 13.5. The van der Waals surface area contributed by atoms with Crippen LogP contribution in [0.3, 0.4) is 0 Å². The van der Waals surface area contributed by atoms with E-state index < -0.39 is 0 Å². The van der Waals surface area contributed by atoms with Gasteiger partial charge in [0.2, 0.25) is 0 Å². The Morgan fingerprint density at radius 1 is 1.23 bits per heavy atom. The standard InChI is InChI=1S/C27H24FN5OS/c1-17-31-25(26(35-17)18-9-11-20(28)12-10-18)27(34)33-13-5-4-7-21(33)14-24-30-16-23(32-24)22-8-3-2-6-19(22)15-29/h2-3,6,8-12,16,21H,4-5,7,13-14H2,1H3,(H,30,32). The summed E-state index contributed by atoms with van der Waals surface area (Å²) in [4.78, 5) is 28.9. The van der Waals surface area contributed by atoms with E-state index in [2.05, 4.69) is 21.0 Å². The molecule has 1 amide bonds. The third-order valence-corrected chi connectivity index (χ3v) is 7.35. The number of carbonyl (C=O) groups excluding carboxylic acids is 1. The Kier molecular flexibility index (Phi) is 6.43. The van der Waals surface area contributed by atoms with Crippen LogP contribution in [0.4, 0.5) is 4.39 Å². The van der Waals surface area contributed by atoms with Crippen molar-refractivity contribution in [2.24, 2.45) is 0 Å². The maximum absolute atomic E-state index is 13.7. The third-order valence-electron chi connectivity index (χ3n) is 6.33. The molecule has 1 aliphatic rings. The summed E-state index contributed by atoms with van der Waals surface area (Å²) in [5.41, 5.74) is 3.41. The molecule has 8 heteroatoms. The number of likely N-dealkylation sites (tertiary alicyclic amines) is 1. The second kappa shape index (κ2) is 9.80. The lowest BCUT2D eigenvalue weighted by Crippen LogP contribution is -2.45. The highest BCUT2D eigenvalue weighted by Crippen LogP contribution is 2.33. The van der Waals surface area contributed by atoms with E-state index in [9.17, 15) is 14.4 Å². The number of imidazole rings is 1. The fraction of sp³-hybridized carbons (Fsp3) is 0.259. The number of H-pyrrole nitrogens is 1. The van der Waals surface area contributed by atoms with Crippen LogP contribution < -0.4 is 0 Å². The number of hydrogen-bond donors (Lipinski definition) is 1. The first-order valence-electron chi connectivity index (χ1n) is 11.6. The molecule has 2 aromatic carbocycles. The number of nitrogens with zero attached hydrogens (tertiary/aromatic N) is 4. The molecule has 1 saturated heterocycles. The summed E-state index contributed by atoms with van der Waals surface area (Å²) in [7, 11) is 0. The van der Waals surface area contributed by atoms with Crippen molar-refractivity contribution >= 4 is 17.2 Å². The molecule has 0 saturated carbocycles. The number of carbonyl (C=O) groups is 1. The van der Waals surface area contributed by atoms with E-state index >= 15 is 0 Å². The van der Waals surface area contributed by atoms with Crippen LogP contribution in [0.2, 0.25) is 0 Å². The first-order valence-corrected chi connectivity index (χ1v) is 12.4. The molecule has 1 fully saturated rings. The van der Waals surface area contributed by atoms with E-state index in [0.29, 0.717) is 24.2 Å². The van der Waals surface area contributed by atoms with Gasteiger partial charge in [0.15, 0.2) is 0 Å². The van der Waals surface area contributed by atoms with Crippen LogP contribution in [0.5, 0.6) is 0 Å². The van der Waals surface area contributed by atoms with Gasteiger partial charge in [-0.2, -0.15) is 5.26 Å². The first-order chi connectivity index (χ1) is 17.0. The molecular formula is C27H24FN5OS. The van der Waals surface area contributed by atoms with E-state index in [1.165, 1.54) is 23.5 Å². The zero-order chi connectivity index (χ0) is 24.4. The quantitative estimate of drug-likeness (QED) is 0.390. The normalized spacial score (nSPS) is 15.7. The third kappa shape index (κ3) is 4.73. The Morgan fingerprint density at radius 2 is 2.03 bits per heavy atom. The zero-order valence-electron chi connectivity index (χ0n) is 19.3. The molecule has 3 heterocycles. The lowest BCUT2D eigenvalue weighted by Gasteiger charge is -2.35. The molecule has 1 atom stereocenters. The fourth-order valence-corrected chi connectivity index (χ4v) is 5.54. The molecule has 0 spiro atoms. The molecule has 0 aliphatic carbocycles. The number of aromatic nitrogens is 3. The molecule has 4 aromatic rings. The molecule has 176 valence electrons. The van der Waals surface area contributed by atoms with Crippen molar-refractivity contribution in [1.29, 1.82) is 5.26 Å². The Hall–Kier alpha value is -3.83. The van der Waals surface area contributed by atoms with Crippen LogP contribution in [0, 0.1) is 24.1 Å². The van der Waals surface area contributed by atoms with Crippen molar-refractivity contribution in [3.8, 4) is 27.8 Å². The van der Waals surface area contributed by atoms with Gasteiger partial charge in [-0.05, 0) is 49.9 Å². The van der Waals surface area contributed by atoms with Gasteiger partial charge >= 0.3 is 0 Å². The van der Waals surface area contributed by atoms with Crippen LogP contribution >= 0.6 is 11.3 Å². The second-order valence-corrected chi connectivity index (χ2v) is 9.87. The van der Waals surface area contributed by atoms with Gasteiger partial charge < -0.3 is 9.88 Å². The number of thiazole rings is 1. The molecule has 1 aliphatic heterocycles. The van der Waals surface area contributed by atoms with Crippen LogP contribution in [-0.4, -0.2) is 38.3 Å². The number of amides is 1. The molecule has 0 radical (unpaired) electrons. The minimum absolute atomic E-state index is 0.00969. The van der Waals surface area contributed by atoms with Crippen molar-refractivity contribution < 1.29 is 9.18 Å². The molecular weight excluding hydrogens is 461 g/mol. The van der Waals surface area contributed by atoms with Gasteiger partial charge in [0.1, 0.15) is 17.3 Å². The molecule has 6 nitrogen and oxygen atoms in total. The summed E-state index contributed by atoms with van der Waals surface area (Å²) in [6.45, 7) is 2.54. The molecule has 1 unspecified atom stereocenters. The van der Waals surface area contributed by atoms with Gasteiger partial charge in [0, 0.05) is 24.6 Å². The topological polar surface area (TPSA) is 85.7 Å². The fourth-order valence-electron chi connectivity index (χ4n) is 4.63. The molecule has 2 aromatic heterocycles. The van der Waals surface area contributed by atoms with Crippen molar-refractivity contribution in [3.05, 3.63) is 82.6 Å². The average Bonchev–Trinajstić information content (AvgIpc) is 3.51. The van der Waals surface area contributed by atoms with Crippen molar-refractivity contribution in [3.63, 3.8) is 0 Å². The maximum Gasteiger partial charge on any atom is 0.274 e.